The highest BCUT2D eigenvalue weighted by Crippen LogP contribution is 2.27. The molecule has 0 aliphatic heterocycles. The van der Waals surface area contributed by atoms with Crippen LogP contribution >= 0.6 is 0 Å². The van der Waals surface area contributed by atoms with Gasteiger partial charge in [0.1, 0.15) is 6.61 Å². The number of methoxy groups -OCH3 is 1. The fraction of sp³-hybridized carbons (Fsp3) is 0.917. The van der Waals surface area contributed by atoms with Crippen LogP contribution < -0.4 is 0 Å². The molecule has 1 rings (SSSR count). The van der Waals surface area contributed by atoms with Crippen molar-refractivity contribution in [1.29, 1.82) is 0 Å². The lowest BCUT2D eigenvalue weighted by Gasteiger charge is -2.35. The van der Waals surface area contributed by atoms with Crippen LogP contribution in [0.2, 0.25) is 0 Å². The highest BCUT2D eigenvalue weighted by Gasteiger charge is 2.25. The molecule has 2 unspecified atom stereocenters. The van der Waals surface area contributed by atoms with Gasteiger partial charge in [-0.05, 0) is 25.8 Å². The molecular weight excluding hydrogens is 190 g/mol. The van der Waals surface area contributed by atoms with Gasteiger partial charge in [0.15, 0.2) is 5.78 Å². The van der Waals surface area contributed by atoms with Gasteiger partial charge in [0.2, 0.25) is 0 Å². The van der Waals surface area contributed by atoms with Crippen molar-refractivity contribution in [2.24, 2.45) is 5.92 Å². The van der Waals surface area contributed by atoms with E-state index in [1.54, 1.807) is 7.11 Å². The van der Waals surface area contributed by atoms with Crippen LogP contribution in [-0.2, 0) is 9.53 Å². The fourth-order valence-electron chi connectivity index (χ4n) is 2.55. The normalized spacial score (nSPS) is 26.9. The number of likely N-dealkylation sites (N-methyl/N-ethyl adjacent to an activating group) is 1. The Labute approximate surface area is 92.8 Å². The Morgan fingerprint density at radius 3 is 2.67 bits per heavy atom. The smallest absolute Gasteiger partial charge is 0.172 e. The van der Waals surface area contributed by atoms with Crippen molar-refractivity contribution in [2.45, 2.75) is 38.6 Å². The molecule has 3 heteroatoms. The number of hydrogen-bond donors (Lipinski definition) is 0. The SMILES string of the molecule is COCC(=O)CN(C)C1CCCCC1C. The van der Waals surface area contributed by atoms with Crippen LogP contribution in [0.3, 0.4) is 0 Å². The maximum atomic E-state index is 11.4. The van der Waals surface area contributed by atoms with Crippen LogP contribution in [0.15, 0.2) is 0 Å². The largest absolute Gasteiger partial charge is 0.377 e. The van der Waals surface area contributed by atoms with Gasteiger partial charge in [0, 0.05) is 13.2 Å². The van der Waals surface area contributed by atoms with Gasteiger partial charge in [-0.1, -0.05) is 19.8 Å². The first-order valence-electron chi connectivity index (χ1n) is 5.86. The molecule has 0 aromatic carbocycles. The zero-order chi connectivity index (χ0) is 11.3. The van der Waals surface area contributed by atoms with Gasteiger partial charge >= 0.3 is 0 Å². The standard InChI is InChI=1S/C12H23NO2/c1-10-6-4-5-7-12(10)13(2)8-11(14)9-15-3/h10,12H,4-9H2,1-3H3. The van der Waals surface area contributed by atoms with E-state index in [0.29, 0.717) is 12.6 Å². The van der Waals surface area contributed by atoms with Crippen molar-refractivity contribution >= 4 is 5.78 Å². The zero-order valence-corrected chi connectivity index (χ0v) is 10.2. The van der Waals surface area contributed by atoms with Crippen molar-refractivity contribution in [3.8, 4) is 0 Å². The number of ketones is 1. The molecule has 0 aromatic rings. The van der Waals surface area contributed by atoms with E-state index in [9.17, 15) is 4.79 Å². The van der Waals surface area contributed by atoms with Crippen LogP contribution in [0.25, 0.3) is 0 Å². The second kappa shape index (κ2) is 6.23. The van der Waals surface area contributed by atoms with Crippen molar-refractivity contribution in [2.75, 3.05) is 27.3 Å². The number of carbonyl (C=O) groups excluding carboxylic acids is 1. The first-order valence-corrected chi connectivity index (χ1v) is 5.86. The Hall–Kier alpha value is -0.410. The minimum absolute atomic E-state index is 0.178. The third-order valence-corrected chi connectivity index (χ3v) is 3.36. The van der Waals surface area contributed by atoms with E-state index < -0.39 is 0 Å². The molecule has 0 N–H and O–H groups in total. The molecule has 0 radical (unpaired) electrons. The summed E-state index contributed by atoms with van der Waals surface area (Å²) >= 11 is 0. The molecular formula is C12H23NO2. The van der Waals surface area contributed by atoms with Gasteiger partial charge in [-0.2, -0.15) is 0 Å². The molecule has 0 aromatic heterocycles. The van der Waals surface area contributed by atoms with E-state index in [0.717, 1.165) is 5.92 Å². The van der Waals surface area contributed by atoms with Crippen LogP contribution in [0.1, 0.15) is 32.6 Å². The van der Waals surface area contributed by atoms with E-state index in [1.807, 2.05) is 0 Å². The van der Waals surface area contributed by atoms with Crippen LogP contribution in [0.4, 0.5) is 0 Å². The molecule has 1 fully saturated rings. The summed E-state index contributed by atoms with van der Waals surface area (Å²) in [4.78, 5) is 13.6. The predicted molar refractivity (Wildman–Crippen MR) is 60.9 cm³/mol. The zero-order valence-electron chi connectivity index (χ0n) is 10.2. The Morgan fingerprint density at radius 1 is 1.40 bits per heavy atom. The summed E-state index contributed by atoms with van der Waals surface area (Å²) in [6.45, 7) is 3.06. The molecule has 2 atom stereocenters. The quantitative estimate of drug-likeness (QED) is 0.696. The molecule has 3 nitrogen and oxygen atoms in total. The van der Waals surface area contributed by atoms with Crippen molar-refractivity contribution < 1.29 is 9.53 Å². The Bertz CT molecular complexity index is 206. The molecule has 1 aliphatic carbocycles. The lowest BCUT2D eigenvalue weighted by atomic mass is 9.85. The summed E-state index contributed by atoms with van der Waals surface area (Å²) in [5, 5.41) is 0. The Balaban J connectivity index is 2.37. The Morgan fingerprint density at radius 2 is 2.07 bits per heavy atom. The Kier molecular flexibility index (Phi) is 5.26. The maximum absolute atomic E-state index is 11.4. The van der Waals surface area contributed by atoms with E-state index in [1.165, 1.54) is 25.7 Å². The van der Waals surface area contributed by atoms with E-state index in [-0.39, 0.29) is 12.4 Å². The van der Waals surface area contributed by atoms with Gasteiger partial charge in [-0.15, -0.1) is 0 Å². The minimum atomic E-state index is 0.178. The number of carbonyl (C=O) groups is 1. The van der Waals surface area contributed by atoms with Gasteiger partial charge in [-0.25, -0.2) is 0 Å². The monoisotopic (exact) mass is 213 g/mol. The molecule has 0 amide bonds. The highest BCUT2D eigenvalue weighted by atomic mass is 16.5. The van der Waals surface area contributed by atoms with Gasteiger partial charge in [-0.3, -0.25) is 9.69 Å². The predicted octanol–water partition coefficient (Wildman–Crippen LogP) is 1.71. The molecule has 0 bridgehead atoms. The first kappa shape index (κ1) is 12.7. The number of ether oxygens (including phenoxy) is 1. The molecule has 1 aliphatic rings. The van der Waals surface area contributed by atoms with Crippen LogP contribution in [0.5, 0.6) is 0 Å². The average molecular weight is 213 g/mol. The second-order valence-corrected chi connectivity index (χ2v) is 4.72. The number of rotatable bonds is 5. The summed E-state index contributed by atoms with van der Waals surface area (Å²) in [7, 11) is 3.63. The number of nitrogens with zero attached hydrogens (tertiary/aromatic N) is 1. The van der Waals surface area contributed by atoms with Crippen LogP contribution in [0, 0.1) is 5.92 Å². The molecule has 15 heavy (non-hydrogen) atoms. The third kappa shape index (κ3) is 3.92. The van der Waals surface area contributed by atoms with Crippen molar-refractivity contribution in [1.82, 2.24) is 4.90 Å². The fourth-order valence-corrected chi connectivity index (χ4v) is 2.55. The van der Waals surface area contributed by atoms with Gasteiger partial charge < -0.3 is 4.74 Å². The van der Waals surface area contributed by atoms with E-state index >= 15 is 0 Å². The molecule has 0 spiro atoms. The van der Waals surface area contributed by atoms with E-state index in [4.69, 9.17) is 4.74 Å². The summed E-state index contributed by atoms with van der Waals surface area (Å²) in [5.41, 5.74) is 0. The topological polar surface area (TPSA) is 29.5 Å². The number of Topliss-reactive ketones (excluding diaryl/α,β-unsaturated/α-hetero) is 1. The summed E-state index contributed by atoms with van der Waals surface area (Å²) in [6.07, 6.45) is 5.18. The second-order valence-electron chi connectivity index (χ2n) is 4.72. The minimum Gasteiger partial charge on any atom is -0.377 e. The molecule has 0 saturated heterocycles. The molecule has 1 saturated carbocycles. The maximum Gasteiger partial charge on any atom is 0.172 e. The molecule has 0 heterocycles. The van der Waals surface area contributed by atoms with Gasteiger partial charge in [0.25, 0.3) is 0 Å². The van der Waals surface area contributed by atoms with Crippen LogP contribution in [-0.4, -0.2) is 44.0 Å². The average Bonchev–Trinajstić information content (AvgIpc) is 2.18. The van der Waals surface area contributed by atoms with E-state index in [2.05, 4.69) is 18.9 Å². The molecule has 88 valence electrons. The summed E-state index contributed by atoms with van der Waals surface area (Å²) < 4.78 is 4.84. The first-order chi connectivity index (χ1) is 7.15. The lowest BCUT2D eigenvalue weighted by Crippen LogP contribution is -2.42. The van der Waals surface area contributed by atoms with Crippen molar-refractivity contribution in [3.63, 3.8) is 0 Å². The lowest BCUT2D eigenvalue weighted by molar-refractivity contribution is -0.124. The summed E-state index contributed by atoms with van der Waals surface area (Å²) in [5.74, 6) is 0.900. The van der Waals surface area contributed by atoms with Gasteiger partial charge in [0.05, 0.1) is 6.54 Å². The summed E-state index contributed by atoms with van der Waals surface area (Å²) in [6, 6.07) is 0.583. The van der Waals surface area contributed by atoms with Crippen molar-refractivity contribution in [3.05, 3.63) is 0 Å². The highest BCUT2D eigenvalue weighted by molar-refractivity contribution is 5.81. The third-order valence-electron chi connectivity index (χ3n) is 3.36. The number of hydrogen-bond acceptors (Lipinski definition) is 3.